The number of methoxy groups -OCH3 is 2. The zero-order valence-electron chi connectivity index (χ0n) is 17.0. The normalized spacial score (nSPS) is 16.2. The topological polar surface area (TPSA) is 68.2 Å². The summed E-state index contributed by atoms with van der Waals surface area (Å²) >= 11 is 0. The predicted molar refractivity (Wildman–Crippen MR) is 116 cm³/mol. The fourth-order valence-corrected chi connectivity index (χ4v) is 4.74. The van der Waals surface area contributed by atoms with Gasteiger partial charge in [-0.3, -0.25) is 0 Å². The van der Waals surface area contributed by atoms with Gasteiger partial charge >= 0.3 is 0 Å². The van der Waals surface area contributed by atoms with Crippen molar-refractivity contribution in [2.24, 2.45) is 5.10 Å². The molecule has 1 atom stereocenters. The lowest BCUT2D eigenvalue weighted by atomic mass is 9.91. The van der Waals surface area contributed by atoms with Crippen molar-refractivity contribution in [3.8, 4) is 11.5 Å². The molecule has 3 aromatic carbocycles. The summed E-state index contributed by atoms with van der Waals surface area (Å²) < 4.78 is 51.1. The molecule has 1 heterocycles. The minimum atomic E-state index is -3.93. The Morgan fingerprint density at radius 2 is 1.42 bits per heavy atom. The van der Waals surface area contributed by atoms with E-state index in [9.17, 15) is 12.8 Å². The predicted octanol–water partition coefficient (Wildman–Crippen LogP) is 4.04. The van der Waals surface area contributed by atoms with Crippen molar-refractivity contribution in [3.05, 3.63) is 89.7 Å². The number of ether oxygens (including phenoxy) is 2. The van der Waals surface area contributed by atoms with E-state index in [1.807, 2.05) is 36.4 Å². The average Bonchev–Trinajstić information content (AvgIpc) is 3.26. The van der Waals surface area contributed by atoms with Crippen LogP contribution in [0.25, 0.3) is 0 Å². The first-order chi connectivity index (χ1) is 14.9. The highest BCUT2D eigenvalue weighted by atomic mass is 32.2. The average molecular weight is 440 g/mol. The molecule has 0 N–H and O–H groups in total. The van der Waals surface area contributed by atoms with Gasteiger partial charge in [-0.25, -0.2) is 4.39 Å². The first-order valence-corrected chi connectivity index (χ1v) is 11.0. The summed E-state index contributed by atoms with van der Waals surface area (Å²) in [5.41, 5.74) is 2.32. The maximum absolute atomic E-state index is 13.3. The van der Waals surface area contributed by atoms with Crippen molar-refractivity contribution in [3.63, 3.8) is 0 Å². The Morgan fingerprint density at radius 3 is 1.97 bits per heavy atom. The maximum atomic E-state index is 13.3. The van der Waals surface area contributed by atoms with E-state index in [0.29, 0.717) is 17.2 Å². The molecule has 4 rings (SSSR count). The zero-order valence-corrected chi connectivity index (χ0v) is 17.8. The van der Waals surface area contributed by atoms with Gasteiger partial charge in [-0.15, -0.1) is 0 Å². The molecule has 1 unspecified atom stereocenters. The summed E-state index contributed by atoms with van der Waals surface area (Å²) in [7, 11) is -0.761. The van der Waals surface area contributed by atoms with Crippen LogP contribution in [0.5, 0.6) is 11.5 Å². The highest BCUT2D eigenvalue weighted by Gasteiger charge is 2.36. The molecular formula is C23H21FN2O4S. The monoisotopic (exact) mass is 440 g/mol. The Balaban J connectivity index is 1.75. The van der Waals surface area contributed by atoms with Crippen LogP contribution in [-0.4, -0.2) is 39.3 Å². The lowest BCUT2D eigenvalue weighted by Crippen LogP contribution is -2.26. The van der Waals surface area contributed by atoms with Crippen molar-refractivity contribution in [1.29, 1.82) is 0 Å². The molecule has 0 fully saturated rings. The van der Waals surface area contributed by atoms with E-state index in [0.717, 1.165) is 27.7 Å². The number of rotatable bonds is 6. The molecule has 1 aliphatic heterocycles. The standard InChI is InChI=1S/C23H21FN2O4S/c1-29-19-9-3-16(4-10-19)22-15-26(31(27,28)21-13-7-18(24)8-14-21)25-23(22)17-5-11-20(30-2)12-6-17/h3-14,22H,15H2,1-2H3. The van der Waals surface area contributed by atoms with Crippen molar-refractivity contribution >= 4 is 15.7 Å². The minimum Gasteiger partial charge on any atom is -0.497 e. The van der Waals surface area contributed by atoms with Gasteiger partial charge in [0.15, 0.2) is 0 Å². The second-order valence-electron chi connectivity index (χ2n) is 7.00. The highest BCUT2D eigenvalue weighted by molar-refractivity contribution is 7.89. The van der Waals surface area contributed by atoms with E-state index < -0.39 is 15.8 Å². The molecule has 31 heavy (non-hydrogen) atoms. The molecular weight excluding hydrogens is 419 g/mol. The number of hydrogen-bond donors (Lipinski definition) is 0. The van der Waals surface area contributed by atoms with Gasteiger partial charge in [0.25, 0.3) is 10.0 Å². The quantitative estimate of drug-likeness (QED) is 0.580. The van der Waals surface area contributed by atoms with Crippen molar-refractivity contribution in [2.75, 3.05) is 20.8 Å². The lowest BCUT2D eigenvalue weighted by molar-refractivity contribution is 0.414. The van der Waals surface area contributed by atoms with Crippen LogP contribution < -0.4 is 9.47 Å². The molecule has 0 spiro atoms. The van der Waals surface area contributed by atoms with Crippen LogP contribution in [0, 0.1) is 5.82 Å². The van der Waals surface area contributed by atoms with Crippen LogP contribution >= 0.6 is 0 Å². The lowest BCUT2D eigenvalue weighted by Gasteiger charge is -2.17. The fourth-order valence-electron chi connectivity index (χ4n) is 3.47. The van der Waals surface area contributed by atoms with Gasteiger partial charge in [-0.2, -0.15) is 17.9 Å². The first kappa shape index (κ1) is 20.9. The van der Waals surface area contributed by atoms with Crippen molar-refractivity contribution in [1.82, 2.24) is 4.41 Å². The molecule has 0 amide bonds. The molecule has 0 aliphatic carbocycles. The van der Waals surface area contributed by atoms with Gasteiger partial charge in [0.2, 0.25) is 0 Å². The third-order valence-electron chi connectivity index (χ3n) is 5.18. The summed E-state index contributed by atoms with van der Waals surface area (Å²) in [5.74, 6) is 0.619. The Kier molecular flexibility index (Phi) is 5.65. The van der Waals surface area contributed by atoms with Crippen LogP contribution in [-0.2, 0) is 10.0 Å². The summed E-state index contributed by atoms with van der Waals surface area (Å²) in [6.07, 6.45) is 0. The largest absolute Gasteiger partial charge is 0.497 e. The summed E-state index contributed by atoms with van der Waals surface area (Å²) in [4.78, 5) is -0.0119. The first-order valence-electron chi connectivity index (χ1n) is 9.57. The smallest absolute Gasteiger partial charge is 0.279 e. The van der Waals surface area contributed by atoms with Crippen molar-refractivity contribution in [2.45, 2.75) is 10.8 Å². The number of hydrazone groups is 1. The van der Waals surface area contributed by atoms with Crippen LogP contribution in [0.1, 0.15) is 17.0 Å². The minimum absolute atomic E-state index is 0.0119. The number of sulfonamides is 1. The third kappa shape index (κ3) is 4.11. The molecule has 0 radical (unpaired) electrons. The van der Waals surface area contributed by atoms with Crippen LogP contribution in [0.2, 0.25) is 0 Å². The molecule has 6 nitrogen and oxygen atoms in total. The van der Waals surface area contributed by atoms with E-state index in [1.165, 1.54) is 12.1 Å². The summed E-state index contributed by atoms with van der Waals surface area (Å²) in [5, 5.41) is 4.48. The van der Waals surface area contributed by atoms with Gasteiger partial charge in [0, 0.05) is 5.92 Å². The Hall–Kier alpha value is -3.39. The number of hydrogen-bond acceptors (Lipinski definition) is 5. The Labute approximate surface area is 180 Å². The van der Waals surface area contributed by atoms with Crippen LogP contribution in [0.15, 0.2) is 82.8 Å². The molecule has 160 valence electrons. The van der Waals surface area contributed by atoms with Gasteiger partial charge in [0.05, 0.1) is 31.4 Å². The van der Waals surface area contributed by atoms with E-state index in [2.05, 4.69) is 5.10 Å². The zero-order chi connectivity index (χ0) is 22.0. The second kappa shape index (κ2) is 8.39. The highest BCUT2D eigenvalue weighted by Crippen LogP contribution is 2.33. The van der Waals surface area contributed by atoms with E-state index in [1.54, 1.807) is 26.4 Å². The molecule has 8 heteroatoms. The van der Waals surface area contributed by atoms with Gasteiger partial charge in [-0.05, 0) is 71.8 Å². The van der Waals surface area contributed by atoms with Crippen LogP contribution in [0.4, 0.5) is 4.39 Å². The Morgan fingerprint density at radius 1 is 0.871 bits per heavy atom. The molecule has 0 saturated heterocycles. The fraction of sp³-hybridized carbons (Fsp3) is 0.174. The third-order valence-corrected chi connectivity index (χ3v) is 6.83. The molecule has 1 aliphatic rings. The van der Waals surface area contributed by atoms with Gasteiger partial charge < -0.3 is 9.47 Å². The van der Waals surface area contributed by atoms with E-state index in [4.69, 9.17) is 9.47 Å². The summed E-state index contributed by atoms with van der Waals surface area (Å²) in [6.45, 7) is 0.132. The second-order valence-corrected chi connectivity index (χ2v) is 8.85. The van der Waals surface area contributed by atoms with Crippen LogP contribution in [0.3, 0.4) is 0 Å². The molecule has 0 aromatic heterocycles. The SMILES string of the molecule is COc1ccc(C2=NN(S(=O)(=O)c3ccc(F)cc3)CC2c2ccc(OC)cc2)cc1. The molecule has 0 bridgehead atoms. The molecule has 0 saturated carbocycles. The van der Waals surface area contributed by atoms with Crippen molar-refractivity contribution < 1.29 is 22.3 Å². The maximum Gasteiger partial charge on any atom is 0.279 e. The summed E-state index contributed by atoms with van der Waals surface area (Å²) in [6, 6.07) is 19.5. The molecule has 3 aromatic rings. The van der Waals surface area contributed by atoms with Gasteiger partial charge in [0.1, 0.15) is 17.3 Å². The Bertz CT molecular complexity index is 1190. The number of benzene rings is 3. The number of nitrogens with zero attached hydrogens (tertiary/aromatic N) is 2. The van der Waals surface area contributed by atoms with Gasteiger partial charge in [-0.1, -0.05) is 12.1 Å². The van der Waals surface area contributed by atoms with E-state index >= 15 is 0 Å². The van der Waals surface area contributed by atoms with E-state index in [-0.39, 0.29) is 17.4 Å². The number of halogens is 1.